The van der Waals surface area contributed by atoms with Crippen LogP contribution in [0.25, 0.3) is 0 Å². The zero-order valence-corrected chi connectivity index (χ0v) is 17.5. The summed E-state index contributed by atoms with van der Waals surface area (Å²) >= 11 is 0. The van der Waals surface area contributed by atoms with Gasteiger partial charge < -0.3 is 15.0 Å². The summed E-state index contributed by atoms with van der Waals surface area (Å²) < 4.78 is 31.7. The zero-order chi connectivity index (χ0) is 20.7. The minimum absolute atomic E-state index is 0.157. The molecule has 9 heteroatoms. The van der Waals surface area contributed by atoms with E-state index in [0.29, 0.717) is 37.0 Å². The number of rotatable bonds is 8. The number of esters is 1. The number of carbonyl (C=O) groups excluding carboxylic acids is 2. The molecule has 0 radical (unpaired) electrons. The van der Waals surface area contributed by atoms with Crippen molar-refractivity contribution in [3.05, 3.63) is 29.8 Å². The average Bonchev–Trinajstić information content (AvgIpc) is 2.71. The Morgan fingerprint density at radius 3 is 2.36 bits per heavy atom. The van der Waals surface area contributed by atoms with Crippen molar-refractivity contribution in [2.75, 3.05) is 46.4 Å². The molecule has 28 heavy (non-hydrogen) atoms. The molecule has 0 aromatic heterocycles. The summed E-state index contributed by atoms with van der Waals surface area (Å²) in [6, 6.07) is 7.12. The van der Waals surface area contributed by atoms with Gasteiger partial charge in [0.05, 0.1) is 38.2 Å². The van der Waals surface area contributed by atoms with Gasteiger partial charge >= 0.3 is 5.97 Å². The first-order chi connectivity index (χ1) is 13.3. The van der Waals surface area contributed by atoms with Gasteiger partial charge in [-0.25, -0.2) is 8.42 Å². The largest absolute Gasteiger partial charge is 0.468 e. The number of amides is 1. The third-order valence-corrected chi connectivity index (χ3v) is 7.11. The Labute approximate surface area is 166 Å². The highest BCUT2D eigenvalue weighted by molar-refractivity contribution is 7.89. The van der Waals surface area contributed by atoms with Crippen LogP contribution in [0.2, 0.25) is 0 Å². The first-order valence-corrected chi connectivity index (χ1v) is 11.0. The lowest BCUT2D eigenvalue weighted by Crippen LogP contribution is -3.15. The molecule has 1 aromatic carbocycles. The molecule has 2 rings (SSSR count). The Hall–Kier alpha value is -1.97. The molecule has 156 valence electrons. The topological polar surface area (TPSA) is 97.2 Å². The second-order valence-electron chi connectivity index (χ2n) is 7.06. The number of hydrogen-bond acceptors (Lipinski definition) is 5. The number of methoxy groups -OCH3 is 1. The number of nitrogens with zero attached hydrogens (tertiary/aromatic N) is 1. The standard InChI is InChI=1S/C19H29N3O5S/c1-4-15(2)16-5-7-17(8-6-16)28(25,26)22-11-9-21(10-12-22)14-18(23)20-13-19(24)27-3/h5-8,15H,4,9-14H2,1-3H3,(H,20,23)/p+1/t15-/m1/s1. The van der Waals surface area contributed by atoms with Gasteiger partial charge in [-0.2, -0.15) is 4.31 Å². The van der Waals surface area contributed by atoms with Crippen LogP contribution < -0.4 is 10.2 Å². The highest BCUT2D eigenvalue weighted by Crippen LogP contribution is 2.22. The van der Waals surface area contributed by atoms with Gasteiger partial charge in [0.25, 0.3) is 5.91 Å². The SMILES string of the molecule is CC[C@@H](C)c1ccc(S(=O)(=O)N2CC[NH+](CC(=O)NCC(=O)OC)CC2)cc1. The minimum Gasteiger partial charge on any atom is -0.468 e. The van der Waals surface area contributed by atoms with E-state index in [1.807, 2.05) is 12.1 Å². The van der Waals surface area contributed by atoms with Crippen LogP contribution in [0, 0.1) is 0 Å². The molecule has 1 fully saturated rings. The molecule has 8 nitrogen and oxygen atoms in total. The fourth-order valence-electron chi connectivity index (χ4n) is 3.11. The molecule has 1 heterocycles. The molecule has 0 aliphatic carbocycles. The van der Waals surface area contributed by atoms with E-state index in [4.69, 9.17) is 0 Å². The van der Waals surface area contributed by atoms with E-state index in [-0.39, 0.29) is 19.0 Å². The molecule has 2 N–H and O–H groups in total. The fraction of sp³-hybridized carbons (Fsp3) is 0.579. The summed E-state index contributed by atoms with van der Waals surface area (Å²) in [5.41, 5.74) is 1.13. The molecule has 1 amide bonds. The number of carbonyl (C=O) groups is 2. The second kappa shape index (κ2) is 9.99. The van der Waals surface area contributed by atoms with Gasteiger partial charge in [0.15, 0.2) is 6.54 Å². The molecule has 1 aromatic rings. The van der Waals surface area contributed by atoms with E-state index in [0.717, 1.165) is 16.9 Å². The molecule has 1 saturated heterocycles. The van der Waals surface area contributed by atoms with E-state index in [2.05, 4.69) is 23.9 Å². The van der Waals surface area contributed by atoms with Crippen LogP contribution in [-0.4, -0.2) is 71.0 Å². The summed E-state index contributed by atoms with van der Waals surface area (Å²) in [4.78, 5) is 24.2. The van der Waals surface area contributed by atoms with Gasteiger partial charge in [-0.05, 0) is 30.0 Å². The number of sulfonamides is 1. The van der Waals surface area contributed by atoms with Crippen LogP contribution in [0.5, 0.6) is 0 Å². The highest BCUT2D eigenvalue weighted by Gasteiger charge is 2.31. The van der Waals surface area contributed by atoms with Gasteiger partial charge in [-0.3, -0.25) is 9.59 Å². The Bertz CT molecular complexity index is 771. The van der Waals surface area contributed by atoms with E-state index in [9.17, 15) is 18.0 Å². The van der Waals surface area contributed by atoms with Crippen molar-refractivity contribution in [3.8, 4) is 0 Å². The molecule has 0 unspecified atom stereocenters. The minimum atomic E-state index is -3.53. The van der Waals surface area contributed by atoms with Gasteiger partial charge in [0, 0.05) is 0 Å². The predicted molar refractivity (Wildman–Crippen MR) is 104 cm³/mol. The predicted octanol–water partition coefficient (Wildman–Crippen LogP) is -0.621. The molecule has 1 atom stereocenters. The molecular formula is C19H30N3O5S+. The summed E-state index contributed by atoms with van der Waals surface area (Å²) in [7, 11) is -2.27. The maximum Gasteiger partial charge on any atom is 0.325 e. The second-order valence-corrected chi connectivity index (χ2v) is 9.00. The van der Waals surface area contributed by atoms with Crippen LogP contribution in [0.3, 0.4) is 0 Å². The molecule has 1 aliphatic rings. The maximum atomic E-state index is 12.9. The lowest BCUT2D eigenvalue weighted by atomic mass is 9.99. The lowest BCUT2D eigenvalue weighted by Gasteiger charge is -2.31. The van der Waals surface area contributed by atoms with E-state index < -0.39 is 16.0 Å². The number of piperazine rings is 1. The van der Waals surface area contributed by atoms with Crippen molar-refractivity contribution >= 4 is 21.9 Å². The molecule has 0 spiro atoms. The zero-order valence-electron chi connectivity index (χ0n) is 16.7. The van der Waals surface area contributed by atoms with Gasteiger partial charge in [0.2, 0.25) is 10.0 Å². The first-order valence-electron chi connectivity index (χ1n) is 9.55. The van der Waals surface area contributed by atoms with E-state index >= 15 is 0 Å². The van der Waals surface area contributed by atoms with Crippen molar-refractivity contribution in [2.24, 2.45) is 0 Å². The average molecular weight is 413 g/mol. The summed E-state index contributed by atoms with van der Waals surface area (Å²) in [5.74, 6) is -0.356. The Balaban J connectivity index is 1.89. The van der Waals surface area contributed by atoms with Crippen molar-refractivity contribution in [3.63, 3.8) is 0 Å². The van der Waals surface area contributed by atoms with Crippen molar-refractivity contribution in [2.45, 2.75) is 31.1 Å². The van der Waals surface area contributed by atoms with Gasteiger partial charge in [-0.1, -0.05) is 26.0 Å². The fourth-order valence-corrected chi connectivity index (χ4v) is 4.55. The number of benzene rings is 1. The molecule has 0 bridgehead atoms. The van der Waals surface area contributed by atoms with E-state index in [1.165, 1.54) is 11.4 Å². The van der Waals surface area contributed by atoms with Crippen LogP contribution in [0.15, 0.2) is 29.2 Å². The normalized spacial score (nSPS) is 17.1. The van der Waals surface area contributed by atoms with Crippen molar-refractivity contribution < 1.29 is 27.6 Å². The van der Waals surface area contributed by atoms with Crippen LogP contribution in [0.1, 0.15) is 31.7 Å². The quantitative estimate of drug-likeness (QED) is 0.555. The maximum absolute atomic E-state index is 12.9. The van der Waals surface area contributed by atoms with Crippen molar-refractivity contribution in [1.29, 1.82) is 0 Å². The monoisotopic (exact) mass is 412 g/mol. The van der Waals surface area contributed by atoms with Crippen molar-refractivity contribution in [1.82, 2.24) is 9.62 Å². The smallest absolute Gasteiger partial charge is 0.325 e. The van der Waals surface area contributed by atoms with Gasteiger partial charge in [0.1, 0.15) is 6.54 Å². The summed E-state index contributed by atoms with van der Waals surface area (Å²) in [5, 5.41) is 2.50. The van der Waals surface area contributed by atoms with Gasteiger partial charge in [-0.15, -0.1) is 0 Å². The number of quaternary nitrogens is 1. The Morgan fingerprint density at radius 1 is 1.21 bits per heavy atom. The molecule has 0 saturated carbocycles. The summed E-state index contributed by atoms with van der Waals surface area (Å²) in [6.45, 7) is 6.06. The Morgan fingerprint density at radius 2 is 1.82 bits per heavy atom. The number of hydrogen-bond donors (Lipinski definition) is 2. The third-order valence-electron chi connectivity index (χ3n) is 5.20. The molecular weight excluding hydrogens is 382 g/mol. The van der Waals surface area contributed by atoms with Crippen LogP contribution in [-0.2, 0) is 24.3 Å². The third kappa shape index (κ3) is 5.76. The first kappa shape index (κ1) is 22.3. The summed E-state index contributed by atoms with van der Waals surface area (Å²) in [6.07, 6.45) is 1.00. The molecule has 1 aliphatic heterocycles. The van der Waals surface area contributed by atoms with E-state index in [1.54, 1.807) is 12.1 Å². The van der Waals surface area contributed by atoms with Crippen LogP contribution in [0.4, 0.5) is 0 Å². The lowest BCUT2D eigenvalue weighted by molar-refractivity contribution is -0.895. The van der Waals surface area contributed by atoms with Crippen LogP contribution >= 0.6 is 0 Å². The number of ether oxygens (including phenoxy) is 1. The highest BCUT2D eigenvalue weighted by atomic mass is 32.2. The Kier molecular flexibility index (Phi) is 7.97. The number of nitrogens with one attached hydrogen (secondary N) is 2.